The van der Waals surface area contributed by atoms with Gasteiger partial charge >= 0.3 is 12.3 Å². The van der Waals surface area contributed by atoms with Crippen molar-refractivity contribution in [2.45, 2.75) is 133 Å². The molecule has 7 atom stereocenters. The number of benzene rings is 1. The normalized spacial score (nSPS) is 30.2. The molecule has 1 aromatic carbocycles. The summed E-state index contributed by atoms with van der Waals surface area (Å²) in [5.74, 6) is -2.72. The number of alkyl carbamates (subject to hydrolysis) is 1. The van der Waals surface area contributed by atoms with Gasteiger partial charge in [0.05, 0.1) is 23.6 Å². The van der Waals surface area contributed by atoms with Crippen molar-refractivity contribution in [2.75, 3.05) is 13.2 Å². The van der Waals surface area contributed by atoms with E-state index in [9.17, 15) is 40.8 Å². The number of allylic oxidation sites excluding steroid dienone is 1. The predicted octanol–water partition coefficient (Wildman–Crippen LogP) is 5.23. The maximum Gasteiger partial charge on any atom is 0.427 e. The Morgan fingerprint density at radius 3 is 2.49 bits per heavy atom. The fraction of sp³-hybridized carbons (Fsp3) is 0.634. The van der Waals surface area contributed by atoms with Crippen LogP contribution in [0.15, 0.2) is 36.4 Å². The van der Waals surface area contributed by atoms with E-state index in [0.717, 1.165) is 11.8 Å². The lowest BCUT2D eigenvalue weighted by Crippen LogP contribution is -2.59. The highest BCUT2D eigenvalue weighted by molar-refractivity contribution is 7.91. The van der Waals surface area contributed by atoms with Crippen molar-refractivity contribution in [3.05, 3.63) is 42.1 Å². The number of hydrogen-bond donors (Lipinski definition) is 3. The Bertz CT molecular complexity index is 2160. The van der Waals surface area contributed by atoms with E-state index in [1.165, 1.54) is 4.90 Å². The van der Waals surface area contributed by atoms with E-state index in [-0.39, 0.29) is 31.2 Å². The van der Waals surface area contributed by atoms with Crippen LogP contribution in [0.1, 0.15) is 91.7 Å². The first-order valence-corrected chi connectivity index (χ1v) is 21.8. The minimum absolute atomic E-state index is 0.0336. The van der Waals surface area contributed by atoms with Gasteiger partial charge in [0, 0.05) is 23.1 Å². The number of rotatable bonds is 7. The molecule has 14 nitrogen and oxygen atoms in total. The van der Waals surface area contributed by atoms with Crippen molar-refractivity contribution >= 4 is 44.6 Å². The van der Waals surface area contributed by atoms with Gasteiger partial charge in [0.1, 0.15) is 29.5 Å². The molecule has 5 aliphatic rings. The lowest BCUT2D eigenvalue weighted by molar-refractivity contribution is -0.244. The molecule has 4 heterocycles. The largest absolute Gasteiger partial charge is 0.491 e. The summed E-state index contributed by atoms with van der Waals surface area (Å²) in [5.41, 5.74) is -3.83. The number of carbonyl (C=O) groups excluding carboxylic acids is 4. The molecule has 1 saturated heterocycles. The second-order valence-corrected chi connectivity index (χ2v) is 19.9. The van der Waals surface area contributed by atoms with Gasteiger partial charge in [-0.25, -0.2) is 18.2 Å². The summed E-state index contributed by atoms with van der Waals surface area (Å²) in [5, 5.41) is 6.63. The number of nitrogens with zero attached hydrogens (tertiary/aromatic N) is 2. The van der Waals surface area contributed by atoms with Crippen LogP contribution in [0.2, 0.25) is 0 Å². The van der Waals surface area contributed by atoms with Crippen LogP contribution in [0.25, 0.3) is 10.8 Å². The van der Waals surface area contributed by atoms with E-state index >= 15 is 0 Å². The number of alkyl halides is 3. The summed E-state index contributed by atoms with van der Waals surface area (Å²) in [4.78, 5) is 62.6. The number of aryl methyl sites for hydroxylation is 1. The first kappa shape index (κ1) is 42.5. The van der Waals surface area contributed by atoms with Crippen molar-refractivity contribution in [3.63, 3.8) is 0 Å². The average Bonchev–Trinajstić information content (AvgIpc) is 4.04. The van der Waals surface area contributed by atoms with Crippen LogP contribution in [0, 0.1) is 17.8 Å². The summed E-state index contributed by atoms with van der Waals surface area (Å²) in [6.45, 7) is 6.92. The summed E-state index contributed by atoms with van der Waals surface area (Å²) in [6, 6.07) is 4.63. The Labute approximate surface area is 341 Å². The molecule has 3 aliphatic heterocycles. The highest BCUT2D eigenvalue weighted by Gasteiger charge is 2.63. The van der Waals surface area contributed by atoms with Crippen LogP contribution < -0.4 is 24.8 Å². The van der Waals surface area contributed by atoms with Crippen LogP contribution >= 0.6 is 0 Å². The first-order chi connectivity index (χ1) is 27.6. The van der Waals surface area contributed by atoms with Crippen molar-refractivity contribution in [2.24, 2.45) is 17.8 Å². The molecule has 59 heavy (non-hydrogen) atoms. The maximum atomic E-state index is 14.8. The van der Waals surface area contributed by atoms with Gasteiger partial charge < -0.3 is 29.7 Å². The molecule has 0 unspecified atom stereocenters. The van der Waals surface area contributed by atoms with Gasteiger partial charge in [0.15, 0.2) is 0 Å². The van der Waals surface area contributed by atoms with Crippen molar-refractivity contribution in [3.8, 4) is 11.6 Å². The van der Waals surface area contributed by atoms with Crippen LogP contribution in [-0.4, -0.2) is 95.5 Å². The molecule has 2 aliphatic carbocycles. The SMILES string of the molecule is C[C@H]1CC/C=C\[C@@H]2C[C@@]2(C(=O)NS(=O)(=O)C2(C)CC2)NC(=O)[C@@H]2C[C@@H](Oc3nc4c(c5ccccc35)OCCC4)CN2C(=O)[C@@H](NC(=O)OC(C)(C)C(F)(F)F)[C@H](C)C1. The number of pyridine rings is 1. The molecule has 1 aromatic heterocycles. The third-order valence-electron chi connectivity index (χ3n) is 12.5. The number of hydrogen-bond acceptors (Lipinski definition) is 10. The molecule has 3 N–H and O–H groups in total. The minimum Gasteiger partial charge on any atom is -0.491 e. The number of sulfonamides is 1. The molecule has 7 rings (SSSR count). The molecular formula is C41H52F3N5O9S. The van der Waals surface area contributed by atoms with E-state index in [1.54, 1.807) is 19.9 Å². The van der Waals surface area contributed by atoms with Crippen LogP contribution in [-0.2, 0) is 35.6 Å². The molecule has 0 spiro atoms. The van der Waals surface area contributed by atoms with Gasteiger partial charge in [0.2, 0.25) is 33.3 Å². The Balaban J connectivity index is 1.24. The summed E-state index contributed by atoms with van der Waals surface area (Å²) < 4.78 is 86.2. The van der Waals surface area contributed by atoms with Gasteiger partial charge in [-0.3, -0.25) is 19.1 Å². The van der Waals surface area contributed by atoms with Crippen LogP contribution in [0.4, 0.5) is 18.0 Å². The summed E-state index contributed by atoms with van der Waals surface area (Å²) in [6.07, 6.45) is 0.126. The number of aromatic nitrogens is 1. The smallest absolute Gasteiger partial charge is 0.427 e. The van der Waals surface area contributed by atoms with Gasteiger partial charge in [-0.1, -0.05) is 44.2 Å². The number of halogens is 3. The number of nitrogens with one attached hydrogen (secondary N) is 3. The Morgan fingerprint density at radius 1 is 1.08 bits per heavy atom. The van der Waals surface area contributed by atoms with Gasteiger partial charge in [-0.15, -0.1) is 0 Å². The van der Waals surface area contributed by atoms with Crippen LogP contribution in [0.5, 0.6) is 11.6 Å². The second-order valence-electron chi connectivity index (χ2n) is 17.7. The van der Waals surface area contributed by atoms with Crippen molar-refractivity contribution in [1.82, 2.24) is 25.2 Å². The third kappa shape index (κ3) is 8.42. The molecule has 3 fully saturated rings. The predicted molar refractivity (Wildman–Crippen MR) is 209 cm³/mol. The quantitative estimate of drug-likeness (QED) is 0.312. The molecule has 322 valence electrons. The van der Waals surface area contributed by atoms with E-state index in [0.29, 0.717) is 75.8 Å². The number of ether oxygens (including phenoxy) is 3. The monoisotopic (exact) mass is 847 g/mol. The Morgan fingerprint density at radius 2 is 1.80 bits per heavy atom. The molecule has 2 aromatic rings. The Kier molecular flexibility index (Phi) is 11.1. The molecule has 18 heteroatoms. The second kappa shape index (κ2) is 15.4. The van der Waals surface area contributed by atoms with Gasteiger partial charge in [-0.05, 0) is 90.0 Å². The number of fused-ring (bicyclic) bond motifs is 5. The highest BCUT2D eigenvalue weighted by atomic mass is 32.2. The lowest BCUT2D eigenvalue weighted by atomic mass is 9.88. The summed E-state index contributed by atoms with van der Waals surface area (Å²) >= 11 is 0. The fourth-order valence-corrected chi connectivity index (χ4v) is 9.60. The van der Waals surface area contributed by atoms with Gasteiger partial charge in [0.25, 0.3) is 5.91 Å². The van der Waals surface area contributed by atoms with E-state index in [1.807, 2.05) is 37.3 Å². The lowest BCUT2D eigenvalue weighted by Gasteiger charge is -2.34. The van der Waals surface area contributed by atoms with Crippen molar-refractivity contribution in [1.29, 1.82) is 0 Å². The first-order valence-electron chi connectivity index (χ1n) is 20.3. The third-order valence-corrected chi connectivity index (χ3v) is 14.7. The molecular weight excluding hydrogens is 796 g/mol. The topological polar surface area (TPSA) is 182 Å². The van der Waals surface area contributed by atoms with E-state index in [4.69, 9.17) is 19.2 Å². The standard InChI is InChI=1S/C41H52F3N5O9S/c1-23-11-6-7-12-25-21-40(25,36(52)48-59(54,55)39(5)16-17-39)47-33(50)30-20-26(57-34-28-14-9-8-13-27(28)32-29(45-34)15-10-18-56-32)22-49(30)35(51)31(24(2)19-23)46-37(53)58-38(3,4)41(42,43)44/h7-9,12-14,23-26,30-31H,6,10-11,15-22H2,1-5H3,(H,46,53)(H,47,50)(H,48,52)/b12-7-/t23-,24+,25+,26+,30-,31-,40+/m0/s1. The number of carbonyl (C=O) groups is 4. The highest BCUT2D eigenvalue weighted by Crippen LogP contribution is 2.48. The van der Waals surface area contributed by atoms with E-state index < -0.39 is 85.9 Å². The zero-order valence-electron chi connectivity index (χ0n) is 33.8. The minimum atomic E-state index is -4.91. The zero-order valence-corrected chi connectivity index (χ0v) is 34.6. The zero-order chi connectivity index (χ0) is 42.7. The number of amides is 4. The molecule has 0 radical (unpaired) electrons. The van der Waals surface area contributed by atoms with Crippen LogP contribution in [0.3, 0.4) is 0 Å². The van der Waals surface area contributed by atoms with E-state index in [2.05, 4.69) is 15.4 Å². The summed E-state index contributed by atoms with van der Waals surface area (Å²) in [7, 11) is -4.08. The average molecular weight is 848 g/mol. The Hall–Kier alpha value is -4.61. The molecule has 0 bridgehead atoms. The maximum absolute atomic E-state index is 14.8. The van der Waals surface area contributed by atoms with Gasteiger partial charge in [-0.2, -0.15) is 13.2 Å². The van der Waals surface area contributed by atoms with Crippen molar-refractivity contribution < 1.29 is 55.0 Å². The fourth-order valence-electron chi connectivity index (χ4n) is 8.29. The molecule has 2 saturated carbocycles. The molecule has 4 amide bonds.